The third-order valence-electron chi connectivity index (χ3n) is 4.52. The van der Waals surface area contributed by atoms with Crippen LogP contribution in [0, 0.1) is 0 Å². The van der Waals surface area contributed by atoms with Gasteiger partial charge in [-0.1, -0.05) is 41.9 Å². The molecule has 5 nitrogen and oxygen atoms in total. The number of amides is 1. The summed E-state index contributed by atoms with van der Waals surface area (Å²) >= 11 is 5.95. The Hall–Kier alpha value is -2.79. The lowest BCUT2D eigenvalue weighted by Crippen LogP contribution is -2.32. The molecule has 0 bridgehead atoms. The molecule has 0 spiro atoms. The van der Waals surface area contributed by atoms with Crippen molar-refractivity contribution in [3.63, 3.8) is 0 Å². The quantitative estimate of drug-likeness (QED) is 0.761. The van der Waals surface area contributed by atoms with Crippen LogP contribution in [0.1, 0.15) is 28.5 Å². The highest BCUT2D eigenvalue weighted by atomic mass is 35.5. The summed E-state index contributed by atoms with van der Waals surface area (Å²) in [7, 11) is 1.82. The SMILES string of the molecule is Cn1nc(C(=O)NC2CCOc3ccccc32)cc1-c1ccc(Cl)cc1. The van der Waals surface area contributed by atoms with E-state index in [1.54, 1.807) is 10.7 Å². The van der Waals surface area contributed by atoms with Crippen molar-refractivity contribution in [1.82, 2.24) is 15.1 Å². The number of aromatic nitrogens is 2. The van der Waals surface area contributed by atoms with Gasteiger partial charge in [0.2, 0.25) is 0 Å². The summed E-state index contributed by atoms with van der Waals surface area (Å²) in [6.07, 6.45) is 0.736. The smallest absolute Gasteiger partial charge is 0.272 e. The van der Waals surface area contributed by atoms with Crippen molar-refractivity contribution in [3.8, 4) is 17.0 Å². The predicted octanol–water partition coefficient (Wildman–Crippen LogP) is 3.99. The number of rotatable bonds is 3. The first-order valence-corrected chi connectivity index (χ1v) is 8.82. The minimum absolute atomic E-state index is 0.0755. The van der Waals surface area contributed by atoms with Crippen molar-refractivity contribution in [2.45, 2.75) is 12.5 Å². The van der Waals surface area contributed by atoms with Gasteiger partial charge in [0.05, 0.1) is 18.3 Å². The Morgan fingerprint density at radius 1 is 1.23 bits per heavy atom. The van der Waals surface area contributed by atoms with E-state index in [2.05, 4.69) is 10.4 Å². The first-order valence-electron chi connectivity index (χ1n) is 8.44. The maximum absolute atomic E-state index is 12.7. The van der Waals surface area contributed by atoms with Gasteiger partial charge in [0.25, 0.3) is 5.91 Å². The Morgan fingerprint density at radius 2 is 2.00 bits per heavy atom. The summed E-state index contributed by atoms with van der Waals surface area (Å²) in [4.78, 5) is 12.7. The second-order valence-corrected chi connectivity index (χ2v) is 6.68. The van der Waals surface area contributed by atoms with Crippen LogP contribution in [0.25, 0.3) is 11.3 Å². The van der Waals surface area contributed by atoms with Crippen molar-refractivity contribution in [3.05, 3.63) is 70.9 Å². The fourth-order valence-electron chi connectivity index (χ4n) is 3.19. The number of para-hydroxylation sites is 1. The molecular weight excluding hydrogens is 350 g/mol. The fraction of sp³-hybridized carbons (Fsp3) is 0.200. The first kappa shape index (κ1) is 16.7. The van der Waals surface area contributed by atoms with Gasteiger partial charge >= 0.3 is 0 Å². The van der Waals surface area contributed by atoms with Crippen molar-refractivity contribution in [1.29, 1.82) is 0 Å². The Balaban J connectivity index is 1.56. The number of carbonyl (C=O) groups excluding carboxylic acids is 1. The molecule has 0 fully saturated rings. The third kappa shape index (κ3) is 3.18. The van der Waals surface area contributed by atoms with E-state index in [4.69, 9.17) is 16.3 Å². The molecule has 1 amide bonds. The standard InChI is InChI=1S/C20H18ClN3O2/c1-24-18(13-6-8-14(21)9-7-13)12-17(23-24)20(25)22-16-10-11-26-19-5-3-2-4-15(16)19/h2-9,12,16H,10-11H2,1H3,(H,22,25). The molecule has 0 saturated heterocycles. The zero-order chi connectivity index (χ0) is 18.1. The molecular formula is C20H18ClN3O2. The van der Waals surface area contributed by atoms with Crippen molar-refractivity contribution < 1.29 is 9.53 Å². The Bertz CT molecular complexity index is 950. The third-order valence-corrected chi connectivity index (χ3v) is 4.77. The van der Waals surface area contributed by atoms with E-state index >= 15 is 0 Å². The van der Waals surface area contributed by atoms with Crippen LogP contribution >= 0.6 is 11.6 Å². The number of fused-ring (bicyclic) bond motifs is 1. The molecule has 1 atom stereocenters. The van der Waals surface area contributed by atoms with Gasteiger partial charge in [0, 0.05) is 24.1 Å². The average Bonchev–Trinajstić information content (AvgIpc) is 3.05. The van der Waals surface area contributed by atoms with Crippen LogP contribution in [0.15, 0.2) is 54.6 Å². The second kappa shape index (κ2) is 6.84. The topological polar surface area (TPSA) is 56.2 Å². The highest BCUT2D eigenvalue weighted by molar-refractivity contribution is 6.30. The number of ether oxygens (including phenoxy) is 1. The lowest BCUT2D eigenvalue weighted by Gasteiger charge is -2.26. The van der Waals surface area contributed by atoms with Crippen LogP contribution in [0.4, 0.5) is 0 Å². The number of hydrogen-bond donors (Lipinski definition) is 1. The minimum atomic E-state index is -0.192. The van der Waals surface area contributed by atoms with E-state index in [-0.39, 0.29) is 11.9 Å². The van der Waals surface area contributed by atoms with E-state index in [0.29, 0.717) is 17.3 Å². The maximum Gasteiger partial charge on any atom is 0.272 e. The largest absolute Gasteiger partial charge is 0.493 e. The molecule has 0 saturated carbocycles. The van der Waals surface area contributed by atoms with E-state index in [9.17, 15) is 4.79 Å². The van der Waals surface area contributed by atoms with Crippen LogP contribution in [0.5, 0.6) is 5.75 Å². The minimum Gasteiger partial charge on any atom is -0.493 e. The average molecular weight is 368 g/mol. The van der Waals surface area contributed by atoms with Gasteiger partial charge < -0.3 is 10.1 Å². The highest BCUT2D eigenvalue weighted by Gasteiger charge is 2.24. The molecule has 1 aliphatic rings. The normalized spacial score (nSPS) is 15.8. The molecule has 2 aromatic carbocycles. The molecule has 4 rings (SSSR count). The van der Waals surface area contributed by atoms with E-state index in [1.807, 2.05) is 55.6 Å². The maximum atomic E-state index is 12.7. The Labute approximate surface area is 156 Å². The van der Waals surface area contributed by atoms with Crippen molar-refractivity contribution >= 4 is 17.5 Å². The van der Waals surface area contributed by atoms with Crippen molar-refractivity contribution in [2.75, 3.05) is 6.61 Å². The number of nitrogens with zero attached hydrogens (tertiary/aromatic N) is 2. The zero-order valence-corrected chi connectivity index (χ0v) is 15.0. The molecule has 0 radical (unpaired) electrons. The number of halogens is 1. The van der Waals surface area contributed by atoms with E-state index < -0.39 is 0 Å². The zero-order valence-electron chi connectivity index (χ0n) is 14.3. The second-order valence-electron chi connectivity index (χ2n) is 6.25. The summed E-state index contributed by atoms with van der Waals surface area (Å²) in [5.74, 6) is 0.634. The fourth-order valence-corrected chi connectivity index (χ4v) is 3.32. The van der Waals surface area contributed by atoms with Crippen LogP contribution in [-0.2, 0) is 7.05 Å². The van der Waals surface area contributed by atoms with Gasteiger partial charge in [0.15, 0.2) is 5.69 Å². The van der Waals surface area contributed by atoms with Gasteiger partial charge in [-0.15, -0.1) is 0 Å². The van der Waals surface area contributed by atoms with Gasteiger partial charge in [-0.2, -0.15) is 5.10 Å². The molecule has 1 aromatic heterocycles. The molecule has 2 heterocycles. The molecule has 1 N–H and O–H groups in total. The predicted molar refractivity (Wildman–Crippen MR) is 100 cm³/mol. The molecule has 26 heavy (non-hydrogen) atoms. The summed E-state index contributed by atoms with van der Waals surface area (Å²) in [5, 5.41) is 8.12. The molecule has 1 aliphatic heterocycles. The molecule has 1 unspecified atom stereocenters. The number of nitrogens with one attached hydrogen (secondary N) is 1. The van der Waals surface area contributed by atoms with Gasteiger partial charge in [-0.3, -0.25) is 9.48 Å². The summed E-state index contributed by atoms with van der Waals surface area (Å²) < 4.78 is 7.35. The van der Waals surface area contributed by atoms with Crippen LogP contribution in [-0.4, -0.2) is 22.3 Å². The number of aryl methyl sites for hydroxylation is 1. The van der Waals surface area contributed by atoms with Crippen LogP contribution in [0.2, 0.25) is 5.02 Å². The lowest BCUT2D eigenvalue weighted by molar-refractivity contribution is 0.0919. The number of benzene rings is 2. The number of hydrogen-bond acceptors (Lipinski definition) is 3. The molecule has 6 heteroatoms. The van der Waals surface area contributed by atoms with E-state index in [1.165, 1.54) is 0 Å². The van der Waals surface area contributed by atoms with Gasteiger partial charge in [-0.25, -0.2) is 0 Å². The summed E-state index contributed by atoms with van der Waals surface area (Å²) in [6, 6.07) is 17.0. The summed E-state index contributed by atoms with van der Waals surface area (Å²) in [5.41, 5.74) is 3.21. The number of carbonyl (C=O) groups is 1. The Morgan fingerprint density at radius 3 is 2.81 bits per heavy atom. The summed E-state index contributed by atoms with van der Waals surface area (Å²) in [6.45, 7) is 0.584. The van der Waals surface area contributed by atoms with Crippen LogP contribution < -0.4 is 10.1 Å². The van der Waals surface area contributed by atoms with Crippen molar-refractivity contribution in [2.24, 2.45) is 7.05 Å². The molecule has 132 valence electrons. The van der Waals surface area contributed by atoms with E-state index in [0.717, 1.165) is 29.0 Å². The first-order chi connectivity index (χ1) is 12.6. The van der Waals surface area contributed by atoms with Gasteiger partial charge in [-0.05, 0) is 29.8 Å². The van der Waals surface area contributed by atoms with Gasteiger partial charge in [0.1, 0.15) is 5.75 Å². The van der Waals surface area contributed by atoms with Crippen LogP contribution in [0.3, 0.4) is 0 Å². The molecule has 0 aliphatic carbocycles. The lowest BCUT2D eigenvalue weighted by atomic mass is 10.0. The highest BCUT2D eigenvalue weighted by Crippen LogP contribution is 2.31. The Kier molecular flexibility index (Phi) is 4.39. The monoisotopic (exact) mass is 367 g/mol. The molecule has 3 aromatic rings.